The van der Waals surface area contributed by atoms with E-state index in [4.69, 9.17) is 5.11 Å². The highest BCUT2D eigenvalue weighted by Gasteiger charge is 2.29. The van der Waals surface area contributed by atoms with E-state index < -0.39 is 5.97 Å². The molecular weight excluding hydrogens is 274 g/mol. The van der Waals surface area contributed by atoms with Crippen molar-refractivity contribution in [1.29, 1.82) is 0 Å². The number of aliphatic carboxylic acids is 1. The maximum atomic E-state index is 12.2. The topological polar surface area (TPSA) is 89.9 Å². The Kier molecular flexibility index (Phi) is 5.03. The van der Waals surface area contributed by atoms with Crippen LogP contribution in [0.15, 0.2) is 0 Å². The largest absolute Gasteiger partial charge is 0.481 e. The number of rotatable bonds is 2. The highest BCUT2D eigenvalue weighted by molar-refractivity contribution is 5.84. The summed E-state index contributed by atoms with van der Waals surface area (Å²) in [5.41, 5.74) is 0. The molecule has 1 aliphatic heterocycles. The molecule has 0 bridgehead atoms. The third-order valence-corrected chi connectivity index (χ3v) is 4.36. The maximum absolute atomic E-state index is 12.2. The number of nitrogens with zero attached hydrogens (tertiary/aromatic N) is 2. The minimum atomic E-state index is -0.749. The number of likely N-dealkylation sites (N-methyl/N-ethyl adjacent to an activating group) is 1. The fraction of sp³-hybridized carbons (Fsp3) is 0.786. The lowest BCUT2D eigenvalue weighted by Crippen LogP contribution is -2.48. The van der Waals surface area contributed by atoms with Gasteiger partial charge in [-0.1, -0.05) is 0 Å². The summed E-state index contributed by atoms with van der Waals surface area (Å²) >= 11 is 0. The van der Waals surface area contributed by atoms with E-state index in [1.165, 1.54) is 0 Å². The first kappa shape index (κ1) is 15.6. The molecule has 7 nitrogen and oxygen atoms in total. The zero-order valence-corrected chi connectivity index (χ0v) is 12.4. The zero-order valence-electron chi connectivity index (χ0n) is 12.4. The summed E-state index contributed by atoms with van der Waals surface area (Å²) in [7, 11) is 1.75. The number of urea groups is 1. The number of carbonyl (C=O) groups excluding carboxylic acids is 2. The van der Waals surface area contributed by atoms with Gasteiger partial charge in [-0.25, -0.2) is 4.79 Å². The van der Waals surface area contributed by atoms with Crippen molar-refractivity contribution in [2.75, 3.05) is 26.7 Å². The highest BCUT2D eigenvalue weighted by atomic mass is 16.4. The number of nitrogens with one attached hydrogen (secondary N) is 1. The summed E-state index contributed by atoms with van der Waals surface area (Å²) in [5.74, 6) is -1.08. The van der Waals surface area contributed by atoms with Crippen LogP contribution in [0.5, 0.6) is 0 Å². The molecule has 21 heavy (non-hydrogen) atoms. The first-order valence-corrected chi connectivity index (χ1v) is 7.49. The van der Waals surface area contributed by atoms with Crippen LogP contribution < -0.4 is 5.32 Å². The number of carboxylic acid groups (broad SMARTS) is 1. The lowest BCUT2D eigenvalue weighted by Gasteiger charge is -2.29. The molecule has 1 saturated heterocycles. The SMILES string of the molecule is CN1CCCN(C(=O)NC2CCC(C(=O)O)CC2)CC1=O. The van der Waals surface area contributed by atoms with Crippen LogP contribution in [0.4, 0.5) is 4.79 Å². The van der Waals surface area contributed by atoms with Gasteiger partial charge in [-0.3, -0.25) is 9.59 Å². The third-order valence-electron chi connectivity index (χ3n) is 4.36. The normalized spacial score (nSPS) is 27.2. The summed E-state index contributed by atoms with van der Waals surface area (Å²) in [6.07, 6.45) is 3.35. The molecule has 0 aromatic heterocycles. The molecule has 1 aliphatic carbocycles. The summed E-state index contributed by atoms with van der Waals surface area (Å²) in [4.78, 5) is 38.1. The van der Waals surface area contributed by atoms with E-state index >= 15 is 0 Å². The van der Waals surface area contributed by atoms with Crippen molar-refractivity contribution in [3.8, 4) is 0 Å². The Bertz CT molecular complexity index is 418. The molecule has 0 aromatic carbocycles. The highest BCUT2D eigenvalue weighted by Crippen LogP contribution is 2.24. The van der Waals surface area contributed by atoms with Crippen LogP contribution in [0.2, 0.25) is 0 Å². The van der Waals surface area contributed by atoms with Gasteiger partial charge in [-0.2, -0.15) is 0 Å². The average Bonchev–Trinajstić information content (AvgIpc) is 2.62. The molecule has 0 aromatic rings. The molecule has 7 heteroatoms. The van der Waals surface area contributed by atoms with Crippen LogP contribution in [0, 0.1) is 5.92 Å². The van der Waals surface area contributed by atoms with Gasteiger partial charge in [0.05, 0.1) is 5.92 Å². The molecular formula is C14H23N3O4. The third kappa shape index (κ3) is 4.09. The smallest absolute Gasteiger partial charge is 0.318 e. The van der Waals surface area contributed by atoms with Crippen LogP contribution >= 0.6 is 0 Å². The van der Waals surface area contributed by atoms with Crippen LogP contribution in [0.25, 0.3) is 0 Å². The Morgan fingerprint density at radius 1 is 1.19 bits per heavy atom. The van der Waals surface area contributed by atoms with Crippen LogP contribution in [0.1, 0.15) is 32.1 Å². The molecule has 2 aliphatic rings. The molecule has 0 radical (unpaired) electrons. The van der Waals surface area contributed by atoms with E-state index in [1.807, 2.05) is 0 Å². The minimum absolute atomic E-state index is 0.0178. The lowest BCUT2D eigenvalue weighted by atomic mass is 9.86. The predicted molar refractivity (Wildman–Crippen MR) is 75.7 cm³/mol. The fourth-order valence-corrected chi connectivity index (χ4v) is 2.91. The van der Waals surface area contributed by atoms with Crippen molar-refractivity contribution < 1.29 is 19.5 Å². The summed E-state index contributed by atoms with van der Waals surface area (Å²) < 4.78 is 0. The minimum Gasteiger partial charge on any atom is -0.481 e. The number of carboxylic acids is 1. The molecule has 1 heterocycles. The first-order chi connectivity index (χ1) is 9.97. The lowest BCUT2D eigenvalue weighted by molar-refractivity contribution is -0.142. The van der Waals surface area contributed by atoms with Gasteiger partial charge in [0.15, 0.2) is 0 Å². The number of hydrogen-bond donors (Lipinski definition) is 2. The Hall–Kier alpha value is -1.79. The van der Waals surface area contributed by atoms with Gasteiger partial charge >= 0.3 is 12.0 Å². The molecule has 2 N–H and O–H groups in total. The monoisotopic (exact) mass is 297 g/mol. The zero-order chi connectivity index (χ0) is 15.4. The second-order valence-electron chi connectivity index (χ2n) is 5.93. The first-order valence-electron chi connectivity index (χ1n) is 7.49. The molecule has 2 rings (SSSR count). The Balaban J connectivity index is 1.82. The fourth-order valence-electron chi connectivity index (χ4n) is 2.91. The molecule has 2 fully saturated rings. The van der Waals surface area contributed by atoms with Crippen LogP contribution in [-0.2, 0) is 9.59 Å². The van der Waals surface area contributed by atoms with E-state index in [1.54, 1.807) is 16.8 Å². The predicted octanol–water partition coefficient (Wildman–Crippen LogP) is 0.503. The van der Waals surface area contributed by atoms with Gasteiger partial charge in [0.1, 0.15) is 6.54 Å². The van der Waals surface area contributed by atoms with Gasteiger partial charge in [-0.05, 0) is 32.1 Å². The van der Waals surface area contributed by atoms with Gasteiger partial charge in [0.2, 0.25) is 5.91 Å². The average molecular weight is 297 g/mol. The maximum Gasteiger partial charge on any atom is 0.318 e. The van der Waals surface area contributed by atoms with Crippen molar-refractivity contribution in [3.63, 3.8) is 0 Å². The Morgan fingerprint density at radius 2 is 1.86 bits per heavy atom. The summed E-state index contributed by atoms with van der Waals surface area (Å²) in [6, 6.07) is -0.193. The summed E-state index contributed by atoms with van der Waals surface area (Å²) in [5, 5.41) is 11.9. The second kappa shape index (κ2) is 6.78. The Morgan fingerprint density at radius 3 is 2.48 bits per heavy atom. The van der Waals surface area contributed by atoms with Gasteiger partial charge < -0.3 is 20.2 Å². The molecule has 3 amide bonds. The summed E-state index contributed by atoms with van der Waals surface area (Å²) in [6.45, 7) is 1.37. The van der Waals surface area contributed by atoms with Gasteiger partial charge in [0.25, 0.3) is 0 Å². The van der Waals surface area contributed by atoms with Crippen molar-refractivity contribution in [1.82, 2.24) is 15.1 Å². The van der Waals surface area contributed by atoms with E-state index in [0.29, 0.717) is 38.8 Å². The van der Waals surface area contributed by atoms with Crippen molar-refractivity contribution in [2.24, 2.45) is 5.92 Å². The number of amides is 3. The Labute approximate surface area is 124 Å². The standard InChI is InChI=1S/C14H23N3O4/c1-16-7-2-8-17(9-12(16)18)14(21)15-11-5-3-10(4-6-11)13(19)20/h10-11H,2-9H2,1H3,(H,15,21)(H,19,20). The number of carbonyl (C=O) groups is 3. The molecule has 1 saturated carbocycles. The van der Waals surface area contributed by atoms with E-state index in [9.17, 15) is 14.4 Å². The number of hydrogen-bond acceptors (Lipinski definition) is 3. The van der Waals surface area contributed by atoms with Crippen LogP contribution in [0.3, 0.4) is 0 Å². The molecule has 118 valence electrons. The van der Waals surface area contributed by atoms with Gasteiger partial charge in [0, 0.05) is 26.2 Å². The van der Waals surface area contributed by atoms with E-state index in [2.05, 4.69) is 5.32 Å². The van der Waals surface area contributed by atoms with E-state index in [-0.39, 0.29) is 30.4 Å². The molecule has 0 spiro atoms. The molecule has 0 unspecified atom stereocenters. The van der Waals surface area contributed by atoms with Crippen molar-refractivity contribution in [2.45, 2.75) is 38.1 Å². The molecule has 0 atom stereocenters. The second-order valence-corrected chi connectivity index (χ2v) is 5.93. The van der Waals surface area contributed by atoms with Crippen LogP contribution in [-0.4, -0.2) is 65.5 Å². The van der Waals surface area contributed by atoms with Gasteiger partial charge in [-0.15, -0.1) is 0 Å². The van der Waals surface area contributed by atoms with Crippen molar-refractivity contribution in [3.05, 3.63) is 0 Å². The van der Waals surface area contributed by atoms with Crippen molar-refractivity contribution >= 4 is 17.9 Å². The van der Waals surface area contributed by atoms with E-state index in [0.717, 1.165) is 6.42 Å². The quantitative estimate of drug-likeness (QED) is 0.777.